The fourth-order valence-corrected chi connectivity index (χ4v) is 4.08. The fourth-order valence-electron chi connectivity index (χ4n) is 3.82. The zero-order chi connectivity index (χ0) is 21.3. The number of methoxy groups -OCH3 is 2. The summed E-state index contributed by atoms with van der Waals surface area (Å²) >= 11 is 5.65. The first-order valence-electron chi connectivity index (χ1n) is 9.76. The lowest BCUT2D eigenvalue weighted by molar-refractivity contribution is 0.0693. The van der Waals surface area contributed by atoms with Crippen LogP contribution in [0.5, 0.6) is 17.2 Å². The van der Waals surface area contributed by atoms with Crippen LogP contribution in [0.3, 0.4) is 0 Å². The second-order valence-electron chi connectivity index (χ2n) is 7.84. The second-order valence-corrected chi connectivity index (χ2v) is 8.24. The molecule has 1 aliphatic rings. The number of ether oxygens (including phenoxy) is 3. The van der Waals surface area contributed by atoms with Gasteiger partial charge < -0.3 is 24.8 Å². The van der Waals surface area contributed by atoms with Gasteiger partial charge in [0.25, 0.3) is 0 Å². The first-order valence-corrected chi connectivity index (χ1v) is 10.2. The van der Waals surface area contributed by atoms with Crippen molar-refractivity contribution in [3.8, 4) is 17.2 Å². The molecule has 0 saturated heterocycles. The number of thiocarbonyl (C=S) groups is 1. The Bertz CT molecular complexity index is 1100. The molecule has 0 radical (unpaired) electrons. The maximum Gasteiger partial charge on any atom is 0.171 e. The molecule has 30 heavy (non-hydrogen) atoms. The number of anilines is 1. The number of hydrogen-bond donors (Lipinski definition) is 2. The predicted molar refractivity (Wildman–Crippen MR) is 123 cm³/mol. The second kappa shape index (κ2) is 7.99. The third-order valence-corrected chi connectivity index (χ3v) is 5.40. The summed E-state index contributed by atoms with van der Waals surface area (Å²) in [6.07, 6.45) is 2.53. The van der Waals surface area contributed by atoms with Gasteiger partial charge in [0.1, 0.15) is 28.4 Å². The number of fused-ring (bicyclic) bond motifs is 2. The molecule has 3 aromatic rings. The van der Waals surface area contributed by atoms with Crippen molar-refractivity contribution in [1.82, 2.24) is 10.3 Å². The normalized spacial score (nSPS) is 16.9. The molecule has 4 rings (SSSR count). The molecule has 0 unspecified atom stereocenters. The van der Waals surface area contributed by atoms with Crippen LogP contribution in [0.15, 0.2) is 48.7 Å². The summed E-state index contributed by atoms with van der Waals surface area (Å²) in [5.41, 5.74) is 2.39. The lowest BCUT2D eigenvalue weighted by atomic mass is 9.89. The molecule has 0 saturated carbocycles. The first-order chi connectivity index (χ1) is 14.4. The van der Waals surface area contributed by atoms with E-state index in [1.165, 1.54) is 0 Å². The van der Waals surface area contributed by atoms with E-state index in [1.54, 1.807) is 20.4 Å². The van der Waals surface area contributed by atoms with Gasteiger partial charge in [0.05, 0.1) is 20.3 Å². The van der Waals surface area contributed by atoms with Crippen molar-refractivity contribution in [3.05, 3.63) is 54.2 Å². The Morgan fingerprint density at radius 2 is 2.00 bits per heavy atom. The molecule has 0 fully saturated rings. The van der Waals surface area contributed by atoms with Crippen LogP contribution in [-0.4, -0.2) is 29.9 Å². The largest absolute Gasteiger partial charge is 0.497 e. The monoisotopic (exact) mass is 423 g/mol. The zero-order valence-corrected chi connectivity index (χ0v) is 18.3. The number of aromatic nitrogens is 1. The third-order valence-electron chi connectivity index (χ3n) is 5.18. The molecule has 1 aromatic heterocycles. The van der Waals surface area contributed by atoms with Crippen LogP contribution >= 0.6 is 12.2 Å². The van der Waals surface area contributed by atoms with E-state index < -0.39 is 0 Å². The van der Waals surface area contributed by atoms with Crippen LogP contribution < -0.4 is 24.8 Å². The van der Waals surface area contributed by atoms with E-state index in [1.807, 2.05) is 42.5 Å². The summed E-state index contributed by atoms with van der Waals surface area (Å²) in [5, 5.41) is 8.26. The first kappa shape index (κ1) is 20.2. The molecule has 2 heterocycles. The van der Waals surface area contributed by atoms with Crippen LogP contribution in [0.25, 0.3) is 10.9 Å². The lowest BCUT2D eigenvalue weighted by Gasteiger charge is -2.38. The number of nitrogens with zero attached hydrogens (tertiary/aromatic N) is 1. The summed E-state index contributed by atoms with van der Waals surface area (Å²) < 4.78 is 16.9. The van der Waals surface area contributed by atoms with E-state index in [9.17, 15) is 0 Å². The highest BCUT2D eigenvalue weighted by molar-refractivity contribution is 7.80. The molecule has 0 bridgehead atoms. The molecule has 0 spiro atoms. The fraction of sp³-hybridized carbons (Fsp3) is 0.304. The standard InChI is InChI=1S/C23H25N3O3S/c1-23(2)13-18(15-8-7-14(27-3)12-20(15)29-23)26-22(30)25-17-9-10-19(28-4)21-16(17)6-5-11-24-21/h5-12,18H,13H2,1-4H3,(H2,25,26,30)/t18-/m1/s1. The van der Waals surface area contributed by atoms with E-state index in [4.69, 9.17) is 26.4 Å². The molecule has 156 valence electrons. The number of pyridine rings is 1. The molecule has 6 nitrogen and oxygen atoms in total. The Kier molecular flexibility index (Phi) is 5.39. The molecule has 0 amide bonds. The lowest BCUT2D eigenvalue weighted by Crippen LogP contribution is -2.42. The third kappa shape index (κ3) is 3.98. The summed E-state index contributed by atoms with van der Waals surface area (Å²) in [7, 11) is 3.29. The van der Waals surface area contributed by atoms with Crippen LogP contribution in [0.2, 0.25) is 0 Å². The average Bonchev–Trinajstić information content (AvgIpc) is 2.72. The van der Waals surface area contributed by atoms with Crippen LogP contribution in [0, 0.1) is 0 Å². The van der Waals surface area contributed by atoms with Crippen molar-refractivity contribution in [2.75, 3.05) is 19.5 Å². The molecular weight excluding hydrogens is 398 g/mol. The van der Waals surface area contributed by atoms with E-state index in [0.717, 1.165) is 45.8 Å². The van der Waals surface area contributed by atoms with E-state index in [0.29, 0.717) is 5.11 Å². The highest BCUT2D eigenvalue weighted by Gasteiger charge is 2.34. The predicted octanol–water partition coefficient (Wildman–Crippen LogP) is 4.84. The Morgan fingerprint density at radius 1 is 1.17 bits per heavy atom. The number of nitrogens with one attached hydrogen (secondary N) is 2. The van der Waals surface area contributed by atoms with Crippen molar-refractivity contribution in [2.24, 2.45) is 0 Å². The Balaban J connectivity index is 1.59. The van der Waals surface area contributed by atoms with Crippen molar-refractivity contribution >= 4 is 33.9 Å². The van der Waals surface area contributed by atoms with Gasteiger partial charge in [-0.05, 0) is 62.5 Å². The summed E-state index contributed by atoms with van der Waals surface area (Å²) in [5.74, 6) is 2.30. The van der Waals surface area contributed by atoms with Gasteiger partial charge in [-0.15, -0.1) is 0 Å². The average molecular weight is 424 g/mol. The van der Waals surface area contributed by atoms with Crippen molar-refractivity contribution in [2.45, 2.75) is 31.9 Å². The van der Waals surface area contributed by atoms with Gasteiger partial charge in [0.15, 0.2) is 5.11 Å². The summed E-state index contributed by atoms with van der Waals surface area (Å²) in [6, 6.07) is 13.6. The molecule has 7 heteroatoms. The highest BCUT2D eigenvalue weighted by Crippen LogP contribution is 2.41. The Labute approximate surface area is 181 Å². The van der Waals surface area contributed by atoms with E-state index >= 15 is 0 Å². The maximum absolute atomic E-state index is 6.17. The van der Waals surface area contributed by atoms with E-state index in [-0.39, 0.29) is 11.6 Å². The van der Waals surface area contributed by atoms with Gasteiger partial charge in [-0.2, -0.15) is 0 Å². The number of rotatable bonds is 4. The molecule has 0 aliphatic carbocycles. The molecule has 2 aromatic carbocycles. The smallest absolute Gasteiger partial charge is 0.171 e. The Morgan fingerprint density at radius 3 is 2.77 bits per heavy atom. The SMILES string of the molecule is COc1ccc2c(c1)OC(C)(C)C[C@H]2NC(=S)Nc1ccc(OC)c2ncccc12. The van der Waals surface area contributed by atoms with Crippen LogP contribution in [0.1, 0.15) is 31.9 Å². The minimum absolute atomic E-state index is 0.0114. The molecule has 2 N–H and O–H groups in total. The van der Waals surface area contributed by atoms with Crippen molar-refractivity contribution in [3.63, 3.8) is 0 Å². The summed E-state index contributed by atoms with van der Waals surface area (Å²) in [4.78, 5) is 4.44. The number of hydrogen-bond acceptors (Lipinski definition) is 5. The van der Waals surface area contributed by atoms with Gasteiger partial charge in [0.2, 0.25) is 0 Å². The van der Waals surface area contributed by atoms with Crippen LogP contribution in [0.4, 0.5) is 5.69 Å². The van der Waals surface area contributed by atoms with Crippen LogP contribution in [-0.2, 0) is 0 Å². The van der Waals surface area contributed by atoms with Gasteiger partial charge in [0, 0.05) is 35.3 Å². The van der Waals surface area contributed by atoms with Crippen molar-refractivity contribution < 1.29 is 14.2 Å². The van der Waals surface area contributed by atoms with Crippen molar-refractivity contribution in [1.29, 1.82) is 0 Å². The van der Waals surface area contributed by atoms with Gasteiger partial charge in [-0.1, -0.05) is 0 Å². The zero-order valence-electron chi connectivity index (χ0n) is 17.5. The Hall–Kier alpha value is -3.06. The highest BCUT2D eigenvalue weighted by atomic mass is 32.1. The van der Waals surface area contributed by atoms with E-state index in [2.05, 4.69) is 29.5 Å². The molecule has 1 atom stereocenters. The summed E-state index contributed by atoms with van der Waals surface area (Å²) in [6.45, 7) is 4.15. The van der Waals surface area contributed by atoms with Gasteiger partial charge in [-0.25, -0.2) is 0 Å². The minimum atomic E-state index is -0.330. The molecule has 1 aliphatic heterocycles. The van der Waals surface area contributed by atoms with Gasteiger partial charge in [-0.3, -0.25) is 4.98 Å². The maximum atomic E-state index is 6.17. The number of benzene rings is 2. The molecular formula is C23H25N3O3S. The quantitative estimate of drug-likeness (QED) is 0.582. The van der Waals surface area contributed by atoms with Gasteiger partial charge >= 0.3 is 0 Å². The topological polar surface area (TPSA) is 64.6 Å². The minimum Gasteiger partial charge on any atom is -0.497 e.